The molecule has 4 heteroatoms. The number of hydrogen-bond acceptors (Lipinski definition) is 3. The van der Waals surface area contributed by atoms with Gasteiger partial charge in [0.25, 0.3) is 0 Å². The Morgan fingerprint density at radius 3 is 2.91 bits per heavy atom. The van der Waals surface area contributed by atoms with Gasteiger partial charge >= 0.3 is 5.97 Å². The second-order valence-corrected chi connectivity index (χ2v) is 6.25. The number of nitrogens with zero attached hydrogens (tertiary/aromatic N) is 1. The summed E-state index contributed by atoms with van der Waals surface area (Å²) in [6, 6.07) is 7.97. The highest BCUT2D eigenvalue weighted by Gasteiger charge is 2.33. The van der Waals surface area contributed by atoms with Gasteiger partial charge < -0.3 is 9.84 Å². The highest BCUT2D eigenvalue weighted by molar-refractivity contribution is 5.73. The van der Waals surface area contributed by atoms with E-state index >= 15 is 0 Å². The molecular weight excluding hydrogens is 290 g/mol. The van der Waals surface area contributed by atoms with Crippen LogP contribution >= 0.6 is 0 Å². The van der Waals surface area contributed by atoms with E-state index in [1.807, 2.05) is 19.1 Å². The zero-order valence-corrected chi connectivity index (χ0v) is 14.3. The first-order chi connectivity index (χ1) is 11.2. The number of likely N-dealkylation sites (tertiary alicyclic amines) is 1. The minimum Gasteiger partial charge on any atom is -0.494 e. The molecule has 128 valence electrons. The molecule has 2 unspecified atom stereocenters. The Labute approximate surface area is 139 Å². The van der Waals surface area contributed by atoms with Gasteiger partial charge in [-0.1, -0.05) is 38.3 Å². The highest BCUT2D eigenvalue weighted by atomic mass is 16.5. The van der Waals surface area contributed by atoms with Crippen LogP contribution in [0.1, 0.15) is 64.0 Å². The SMILES string of the molecule is CCCCC(c1cccc(OCC)c1)N1CCCCC1C(=O)O. The molecule has 2 atom stereocenters. The van der Waals surface area contributed by atoms with E-state index in [2.05, 4.69) is 24.0 Å². The highest BCUT2D eigenvalue weighted by Crippen LogP contribution is 2.34. The molecule has 1 heterocycles. The van der Waals surface area contributed by atoms with Crippen LogP contribution < -0.4 is 4.74 Å². The molecule has 0 bridgehead atoms. The zero-order chi connectivity index (χ0) is 16.7. The van der Waals surface area contributed by atoms with Crippen LogP contribution in [-0.2, 0) is 4.79 Å². The summed E-state index contributed by atoms with van der Waals surface area (Å²) in [5.41, 5.74) is 1.18. The number of carboxylic acid groups (broad SMARTS) is 1. The van der Waals surface area contributed by atoms with Crippen molar-refractivity contribution < 1.29 is 14.6 Å². The molecule has 1 aromatic carbocycles. The summed E-state index contributed by atoms with van der Waals surface area (Å²) in [5.74, 6) is 0.183. The quantitative estimate of drug-likeness (QED) is 0.778. The van der Waals surface area contributed by atoms with E-state index in [1.165, 1.54) is 5.56 Å². The lowest BCUT2D eigenvalue weighted by atomic mass is 9.93. The topological polar surface area (TPSA) is 49.8 Å². The van der Waals surface area contributed by atoms with Crippen LogP contribution in [0.4, 0.5) is 0 Å². The lowest BCUT2D eigenvalue weighted by molar-refractivity contribution is -0.146. The number of hydrogen-bond donors (Lipinski definition) is 1. The number of unbranched alkanes of at least 4 members (excludes halogenated alkanes) is 1. The van der Waals surface area contributed by atoms with Crippen molar-refractivity contribution >= 4 is 5.97 Å². The predicted octanol–water partition coefficient (Wildman–Crippen LogP) is 4.26. The number of rotatable bonds is 8. The number of aliphatic carboxylic acids is 1. The Kier molecular flexibility index (Phi) is 6.90. The van der Waals surface area contributed by atoms with Crippen molar-refractivity contribution in [2.24, 2.45) is 0 Å². The maximum absolute atomic E-state index is 11.7. The summed E-state index contributed by atoms with van der Waals surface area (Å²) >= 11 is 0. The maximum Gasteiger partial charge on any atom is 0.320 e. The first kappa shape index (κ1) is 17.8. The van der Waals surface area contributed by atoms with Crippen LogP contribution in [-0.4, -0.2) is 35.2 Å². The van der Waals surface area contributed by atoms with Gasteiger partial charge in [0.15, 0.2) is 0 Å². The van der Waals surface area contributed by atoms with Gasteiger partial charge in [0.2, 0.25) is 0 Å². The second-order valence-electron chi connectivity index (χ2n) is 6.25. The Morgan fingerprint density at radius 1 is 1.39 bits per heavy atom. The van der Waals surface area contributed by atoms with Gasteiger partial charge in [-0.3, -0.25) is 9.69 Å². The Balaban J connectivity index is 2.27. The third kappa shape index (κ3) is 4.71. The van der Waals surface area contributed by atoms with Crippen molar-refractivity contribution in [3.05, 3.63) is 29.8 Å². The van der Waals surface area contributed by atoms with Crippen molar-refractivity contribution in [1.82, 2.24) is 4.90 Å². The molecule has 1 aromatic rings. The fourth-order valence-corrected chi connectivity index (χ4v) is 3.49. The van der Waals surface area contributed by atoms with E-state index in [9.17, 15) is 9.90 Å². The van der Waals surface area contributed by atoms with Crippen LogP contribution in [0, 0.1) is 0 Å². The molecule has 1 aliphatic rings. The van der Waals surface area contributed by atoms with Gasteiger partial charge in [-0.25, -0.2) is 0 Å². The summed E-state index contributed by atoms with van der Waals surface area (Å²) in [5, 5.41) is 9.60. The number of piperidine rings is 1. The minimum atomic E-state index is -0.688. The molecule has 0 radical (unpaired) electrons. The second kappa shape index (κ2) is 8.92. The third-order valence-corrected chi connectivity index (χ3v) is 4.61. The average molecular weight is 319 g/mol. The Hall–Kier alpha value is -1.55. The van der Waals surface area contributed by atoms with Crippen LogP contribution in [0.25, 0.3) is 0 Å². The lowest BCUT2D eigenvalue weighted by Crippen LogP contribution is -2.46. The summed E-state index contributed by atoms with van der Waals surface area (Å²) in [4.78, 5) is 13.9. The van der Waals surface area contributed by atoms with Gasteiger partial charge in [0, 0.05) is 6.04 Å². The van der Waals surface area contributed by atoms with Gasteiger partial charge in [-0.2, -0.15) is 0 Å². The summed E-state index contributed by atoms with van der Waals surface area (Å²) in [6.07, 6.45) is 6.06. The Morgan fingerprint density at radius 2 is 2.22 bits per heavy atom. The molecule has 1 aliphatic heterocycles. The van der Waals surface area contributed by atoms with Crippen LogP contribution in [0.5, 0.6) is 5.75 Å². The van der Waals surface area contributed by atoms with Gasteiger partial charge in [-0.05, 0) is 50.4 Å². The molecule has 0 amide bonds. The zero-order valence-electron chi connectivity index (χ0n) is 14.3. The minimum absolute atomic E-state index is 0.164. The van der Waals surface area contributed by atoms with Crippen LogP contribution in [0.2, 0.25) is 0 Å². The summed E-state index contributed by atoms with van der Waals surface area (Å²) in [6.45, 7) is 5.67. The molecule has 4 nitrogen and oxygen atoms in total. The molecule has 1 N–H and O–H groups in total. The van der Waals surface area contributed by atoms with Crippen molar-refractivity contribution in [2.75, 3.05) is 13.2 Å². The third-order valence-electron chi connectivity index (χ3n) is 4.61. The largest absolute Gasteiger partial charge is 0.494 e. The number of carbonyl (C=O) groups is 1. The first-order valence-electron chi connectivity index (χ1n) is 8.88. The predicted molar refractivity (Wildman–Crippen MR) is 91.9 cm³/mol. The van der Waals surface area contributed by atoms with Crippen LogP contribution in [0.15, 0.2) is 24.3 Å². The van der Waals surface area contributed by atoms with E-state index in [0.29, 0.717) is 6.61 Å². The smallest absolute Gasteiger partial charge is 0.320 e. The molecule has 1 saturated heterocycles. The van der Waals surface area contributed by atoms with Gasteiger partial charge in [0.1, 0.15) is 11.8 Å². The summed E-state index contributed by atoms with van der Waals surface area (Å²) in [7, 11) is 0. The normalized spacial score (nSPS) is 20.2. The van der Waals surface area contributed by atoms with Crippen molar-refractivity contribution in [1.29, 1.82) is 0 Å². The van der Waals surface area contributed by atoms with E-state index in [1.54, 1.807) is 0 Å². The standard InChI is InChI=1S/C19H29NO3/c1-3-5-11-17(15-9-8-10-16(14-15)23-4-2)20-13-7-6-12-18(20)19(21)22/h8-10,14,17-18H,3-7,11-13H2,1-2H3,(H,21,22). The molecule has 0 saturated carbocycles. The van der Waals surface area contributed by atoms with Crippen molar-refractivity contribution in [2.45, 2.75) is 64.5 Å². The number of ether oxygens (including phenoxy) is 1. The van der Waals surface area contributed by atoms with E-state index in [4.69, 9.17) is 4.74 Å². The molecule has 23 heavy (non-hydrogen) atoms. The van der Waals surface area contributed by atoms with Crippen LogP contribution in [0.3, 0.4) is 0 Å². The Bertz CT molecular complexity index is 503. The molecule has 0 aromatic heterocycles. The fourth-order valence-electron chi connectivity index (χ4n) is 3.49. The first-order valence-corrected chi connectivity index (χ1v) is 8.88. The lowest BCUT2D eigenvalue weighted by Gasteiger charge is -2.39. The van der Waals surface area contributed by atoms with Gasteiger partial charge in [0.05, 0.1) is 6.61 Å². The summed E-state index contributed by atoms with van der Waals surface area (Å²) < 4.78 is 5.63. The van der Waals surface area contributed by atoms with E-state index in [-0.39, 0.29) is 12.1 Å². The van der Waals surface area contributed by atoms with E-state index < -0.39 is 5.97 Å². The van der Waals surface area contributed by atoms with Gasteiger partial charge in [-0.15, -0.1) is 0 Å². The average Bonchev–Trinajstić information content (AvgIpc) is 2.56. The van der Waals surface area contributed by atoms with E-state index in [0.717, 1.165) is 50.8 Å². The monoisotopic (exact) mass is 319 g/mol. The number of benzene rings is 1. The van der Waals surface area contributed by atoms with Crippen molar-refractivity contribution in [3.63, 3.8) is 0 Å². The number of carboxylic acids is 1. The molecule has 0 spiro atoms. The maximum atomic E-state index is 11.7. The molecule has 1 fully saturated rings. The molecule has 0 aliphatic carbocycles. The fraction of sp³-hybridized carbons (Fsp3) is 0.632. The van der Waals surface area contributed by atoms with Crippen molar-refractivity contribution in [3.8, 4) is 5.75 Å². The molecule has 2 rings (SSSR count). The molecular formula is C19H29NO3.